The van der Waals surface area contributed by atoms with Gasteiger partial charge in [0.2, 0.25) is 0 Å². The van der Waals surface area contributed by atoms with Gasteiger partial charge in [-0.25, -0.2) is 0 Å². The summed E-state index contributed by atoms with van der Waals surface area (Å²) in [6, 6.07) is 14.3. The number of carbonyl (C=O) groups excluding carboxylic acids is 1. The maximum atomic E-state index is 13.4. The molecule has 1 unspecified atom stereocenters. The molecule has 1 aromatic heterocycles. The molecule has 1 aliphatic rings. The number of likely N-dealkylation sites (tertiary alicyclic amines) is 1. The van der Waals surface area contributed by atoms with E-state index in [4.69, 9.17) is 4.74 Å². The lowest BCUT2D eigenvalue weighted by atomic mass is 10.0. The molecule has 158 valence electrons. The van der Waals surface area contributed by atoms with E-state index in [9.17, 15) is 4.79 Å². The van der Waals surface area contributed by atoms with Crippen LogP contribution in [0.4, 0.5) is 0 Å². The molecule has 2 heterocycles. The first-order valence-corrected chi connectivity index (χ1v) is 11.9. The second kappa shape index (κ2) is 10.1. The van der Waals surface area contributed by atoms with E-state index in [0.29, 0.717) is 24.5 Å². The van der Waals surface area contributed by atoms with Crippen LogP contribution in [0.2, 0.25) is 0 Å². The number of benzene rings is 2. The standard InChI is InChI=1S/C25H30N2O2S/c1-2-29-23-12-11-19-9-5-6-10-21(19)24(23)25(28)26-17-22(20-13-16-30-18-20)27-14-7-3-4-8-15-27/h5-6,9-13,16,18,22H,2-4,7-8,14-15,17H2,1H3,(H,26,28). The average Bonchev–Trinajstić information content (AvgIpc) is 3.16. The number of hydrogen-bond acceptors (Lipinski definition) is 4. The normalized spacial score (nSPS) is 16.2. The molecule has 3 aromatic rings. The van der Waals surface area contributed by atoms with Gasteiger partial charge >= 0.3 is 0 Å². The monoisotopic (exact) mass is 422 g/mol. The summed E-state index contributed by atoms with van der Waals surface area (Å²) in [5, 5.41) is 9.56. The van der Waals surface area contributed by atoms with Crippen LogP contribution >= 0.6 is 11.3 Å². The summed E-state index contributed by atoms with van der Waals surface area (Å²) in [6.07, 6.45) is 5.05. The van der Waals surface area contributed by atoms with Gasteiger partial charge in [0, 0.05) is 6.54 Å². The molecule has 2 aromatic carbocycles. The van der Waals surface area contributed by atoms with Crippen LogP contribution in [-0.4, -0.2) is 37.0 Å². The van der Waals surface area contributed by atoms with Crippen LogP contribution < -0.4 is 10.1 Å². The van der Waals surface area contributed by atoms with Crippen LogP contribution in [0.25, 0.3) is 10.8 Å². The van der Waals surface area contributed by atoms with Crippen molar-refractivity contribution < 1.29 is 9.53 Å². The van der Waals surface area contributed by atoms with E-state index in [1.165, 1.54) is 31.2 Å². The van der Waals surface area contributed by atoms with Gasteiger partial charge in [-0.3, -0.25) is 9.69 Å². The molecule has 0 saturated carbocycles. The zero-order valence-electron chi connectivity index (χ0n) is 17.6. The SMILES string of the molecule is CCOc1ccc2ccccc2c1C(=O)NCC(c1ccsc1)N1CCCCCC1. The molecule has 0 bridgehead atoms. The lowest BCUT2D eigenvalue weighted by Gasteiger charge is -2.30. The molecule has 5 heteroatoms. The number of nitrogens with zero attached hydrogens (tertiary/aromatic N) is 1. The second-order valence-corrected chi connectivity index (χ2v) is 8.61. The Kier molecular flexibility index (Phi) is 7.03. The lowest BCUT2D eigenvalue weighted by Crippen LogP contribution is -2.38. The summed E-state index contributed by atoms with van der Waals surface area (Å²) in [5.41, 5.74) is 1.93. The number of hydrogen-bond donors (Lipinski definition) is 1. The molecular weight excluding hydrogens is 392 g/mol. The highest BCUT2D eigenvalue weighted by molar-refractivity contribution is 7.08. The first-order chi connectivity index (χ1) is 14.8. The van der Waals surface area contributed by atoms with Gasteiger partial charge in [-0.2, -0.15) is 11.3 Å². The van der Waals surface area contributed by atoms with Crippen LogP contribution in [0, 0.1) is 0 Å². The number of ether oxygens (including phenoxy) is 1. The molecule has 4 nitrogen and oxygen atoms in total. The van der Waals surface area contributed by atoms with Gasteiger partial charge in [0.1, 0.15) is 5.75 Å². The summed E-state index contributed by atoms with van der Waals surface area (Å²) < 4.78 is 5.81. The van der Waals surface area contributed by atoms with Crippen molar-refractivity contribution in [1.82, 2.24) is 10.2 Å². The predicted molar refractivity (Wildman–Crippen MR) is 125 cm³/mol. The number of fused-ring (bicyclic) bond motifs is 1. The molecular formula is C25H30N2O2S. The molecule has 0 spiro atoms. The highest BCUT2D eigenvalue weighted by atomic mass is 32.1. The van der Waals surface area contributed by atoms with Gasteiger partial charge < -0.3 is 10.1 Å². The maximum Gasteiger partial charge on any atom is 0.255 e. The van der Waals surface area contributed by atoms with Gasteiger partial charge in [0.15, 0.2) is 0 Å². The van der Waals surface area contributed by atoms with Gasteiger partial charge in [-0.05, 0) is 72.1 Å². The van der Waals surface area contributed by atoms with Crippen LogP contribution in [0.15, 0.2) is 53.2 Å². The van der Waals surface area contributed by atoms with Crippen LogP contribution in [-0.2, 0) is 0 Å². The average molecular weight is 423 g/mol. The van der Waals surface area contributed by atoms with Gasteiger partial charge in [-0.1, -0.05) is 43.2 Å². The van der Waals surface area contributed by atoms with Crippen molar-refractivity contribution in [2.24, 2.45) is 0 Å². The smallest absolute Gasteiger partial charge is 0.255 e. The lowest BCUT2D eigenvalue weighted by molar-refractivity contribution is 0.0931. The third-order valence-electron chi connectivity index (χ3n) is 5.88. The van der Waals surface area contributed by atoms with Gasteiger partial charge in [0.25, 0.3) is 5.91 Å². The molecule has 1 aliphatic heterocycles. The van der Waals surface area contributed by atoms with E-state index in [0.717, 1.165) is 23.9 Å². The van der Waals surface area contributed by atoms with Crippen molar-refractivity contribution in [1.29, 1.82) is 0 Å². The van der Waals surface area contributed by atoms with E-state index in [1.807, 2.05) is 43.3 Å². The summed E-state index contributed by atoms with van der Waals surface area (Å²) >= 11 is 1.72. The van der Waals surface area contributed by atoms with Crippen LogP contribution in [0.5, 0.6) is 5.75 Å². The fourth-order valence-electron chi connectivity index (χ4n) is 4.37. The summed E-state index contributed by atoms with van der Waals surface area (Å²) in [5.74, 6) is 0.584. The van der Waals surface area contributed by atoms with Crippen molar-refractivity contribution in [3.63, 3.8) is 0 Å². The number of thiophene rings is 1. The molecule has 0 radical (unpaired) electrons. The fraction of sp³-hybridized carbons (Fsp3) is 0.400. The van der Waals surface area contributed by atoms with Gasteiger partial charge in [0.05, 0.1) is 18.2 Å². The topological polar surface area (TPSA) is 41.6 Å². The fourth-order valence-corrected chi connectivity index (χ4v) is 5.08. The van der Waals surface area contributed by atoms with Crippen molar-refractivity contribution in [2.45, 2.75) is 38.6 Å². The third kappa shape index (κ3) is 4.68. The molecule has 4 rings (SSSR count). The number of carbonyl (C=O) groups is 1. The first-order valence-electron chi connectivity index (χ1n) is 11.0. The highest BCUT2D eigenvalue weighted by Crippen LogP contribution is 2.29. The number of rotatable bonds is 7. The number of amides is 1. The zero-order chi connectivity index (χ0) is 20.8. The Morgan fingerprint density at radius 2 is 1.90 bits per heavy atom. The number of nitrogens with one attached hydrogen (secondary N) is 1. The Balaban J connectivity index is 1.58. The largest absolute Gasteiger partial charge is 0.493 e. The van der Waals surface area contributed by atoms with Crippen molar-refractivity contribution in [3.8, 4) is 5.75 Å². The van der Waals surface area contributed by atoms with E-state index in [1.54, 1.807) is 11.3 Å². The molecule has 1 amide bonds. The molecule has 1 N–H and O–H groups in total. The summed E-state index contributed by atoms with van der Waals surface area (Å²) in [4.78, 5) is 15.9. The first kappa shape index (κ1) is 20.9. The zero-order valence-corrected chi connectivity index (χ0v) is 18.4. The van der Waals surface area contributed by atoms with Crippen molar-refractivity contribution in [2.75, 3.05) is 26.2 Å². The minimum atomic E-state index is -0.0645. The minimum Gasteiger partial charge on any atom is -0.493 e. The minimum absolute atomic E-state index is 0.0645. The summed E-state index contributed by atoms with van der Waals surface area (Å²) in [7, 11) is 0. The van der Waals surface area contributed by atoms with E-state index >= 15 is 0 Å². The van der Waals surface area contributed by atoms with Crippen molar-refractivity contribution >= 4 is 28.0 Å². The molecule has 30 heavy (non-hydrogen) atoms. The molecule has 1 saturated heterocycles. The predicted octanol–water partition coefficient (Wildman–Crippen LogP) is 5.65. The Labute approximate surface area is 182 Å². The Bertz CT molecular complexity index is 962. The molecule has 1 atom stereocenters. The third-order valence-corrected chi connectivity index (χ3v) is 6.58. The van der Waals surface area contributed by atoms with E-state index in [2.05, 4.69) is 27.0 Å². The van der Waals surface area contributed by atoms with Crippen LogP contribution in [0.1, 0.15) is 54.6 Å². The van der Waals surface area contributed by atoms with E-state index < -0.39 is 0 Å². The van der Waals surface area contributed by atoms with Gasteiger partial charge in [-0.15, -0.1) is 0 Å². The Morgan fingerprint density at radius 1 is 1.10 bits per heavy atom. The summed E-state index contributed by atoms with van der Waals surface area (Å²) in [6.45, 7) is 5.26. The second-order valence-electron chi connectivity index (χ2n) is 7.83. The van der Waals surface area contributed by atoms with E-state index in [-0.39, 0.29) is 11.9 Å². The molecule has 0 aliphatic carbocycles. The van der Waals surface area contributed by atoms with Crippen molar-refractivity contribution in [3.05, 3.63) is 64.4 Å². The Morgan fingerprint density at radius 3 is 2.63 bits per heavy atom. The highest BCUT2D eigenvalue weighted by Gasteiger charge is 2.24. The van der Waals surface area contributed by atoms with Crippen LogP contribution in [0.3, 0.4) is 0 Å². The molecule has 1 fully saturated rings. The maximum absolute atomic E-state index is 13.4. The quantitative estimate of drug-likeness (QED) is 0.535. The Hall–Kier alpha value is -2.37.